The van der Waals surface area contributed by atoms with Crippen LogP contribution in [0.25, 0.3) is 87.1 Å². The normalized spacial score (nSPS) is 12.5. The molecular formula is C57H66N4O4. The molecule has 1 N–H and O–H groups in total. The molecule has 0 saturated heterocycles. The lowest BCUT2D eigenvalue weighted by molar-refractivity contribution is 0.384. The van der Waals surface area contributed by atoms with Crippen LogP contribution in [0.4, 0.5) is 0 Å². The lowest BCUT2D eigenvalue weighted by atomic mass is 9.85. The monoisotopic (exact) mass is 871 g/mol. The minimum atomic E-state index is -0.251. The zero-order valence-corrected chi connectivity index (χ0v) is 39.1. The third-order valence-electron chi connectivity index (χ3n) is 14.7. The molecule has 0 radical (unpaired) electrons. The molecule has 8 heteroatoms. The zero-order chi connectivity index (χ0) is 45.2. The van der Waals surface area contributed by atoms with Crippen LogP contribution in [0.2, 0.25) is 0 Å². The molecule has 0 aliphatic rings. The molecule has 0 bridgehead atoms. The van der Waals surface area contributed by atoms with E-state index >= 15 is 9.59 Å². The lowest BCUT2D eigenvalue weighted by Gasteiger charge is -2.23. The number of aromatic amines is 1. The van der Waals surface area contributed by atoms with E-state index in [2.05, 4.69) is 32.7 Å². The molecule has 338 valence electrons. The summed E-state index contributed by atoms with van der Waals surface area (Å²) in [6, 6.07) is 21.3. The Morgan fingerprint density at radius 1 is 0.431 bits per heavy atom. The van der Waals surface area contributed by atoms with Gasteiger partial charge >= 0.3 is 0 Å². The summed E-state index contributed by atoms with van der Waals surface area (Å²) in [6.07, 6.45) is 20.4. The molecule has 0 saturated carbocycles. The predicted octanol–water partition coefficient (Wildman–Crippen LogP) is 14.5. The average molecular weight is 871 g/mol. The molecule has 8 nitrogen and oxygen atoms in total. The molecule has 9 rings (SSSR count). The fourth-order valence-corrected chi connectivity index (χ4v) is 11.4. The van der Waals surface area contributed by atoms with Crippen LogP contribution in [0, 0.1) is 0 Å². The topological polar surface area (TPSA) is 107 Å². The molecule has 0 aliphatic carbocycles. The summed E-state index contributed by atoms with van der Waals surface area (Å²) < 4.78 is 3.20. The first-order valence-electron chi connectivity index (χ1n) is 25.3. The number of nitrogens with zero attached hydrogens (tertiary/aromatic N) is 3. The van der Waals surface area contributed by atoms with E-state index < -0.39 is 0 Å². The number of hydrogen-bond acceptors (Lipinski definition) is 5. The number of H-pyrrole nitrogens is 1. The number of rotatable bonds is 23. The largest absolute Gasteiger partial charge is 0.339 e. The van der Waals surface area contributed by atoms with Crippen molar-refractivity contribution >= 4 is 75.7 Å². The Labute approximate surface area is 381 Å². The fourth-order valence-electron chi connectivity index (χ4n) is 11.4. The summed E-state index contributed by atoms with van der Waals surface area (Å²) >= 11 is 0. The van der Waals surface area contributed by atoms with Crippen molar-refractivity contribution in [2.45, 2.75) is 168 Å². The summed E-state index contributed by atoms with van der Waals surface area (Å²) in [5, 5.41) is 8.52. The SMILES string of the molecule is CCCCCCC(CCCCCC)n1c(=O)c2ccc3c4ccc5c(=O)n(C(CCCCCC)CCCCCC)c(=O)c6cc7[nH]c(-c8ccccc8)nc8cc(c1=O)c2c3c8c7c4c56. The molecule has 65 heavy (non-hydrogen) atoms. The van der Waals surface area contributed by atoms with Crippen LogP contribution in [-0.4, -0.2) is 19.1 Å². The standard InChI is InChI=1S/C57H66N4O4/c1-5-9-13-20-26-37(27-21-14-10-6-2)60-54(62)41-32-30-39-40-31-33-42-48-44(57(65)61(55(42)63)38(28-22-15-11-7-3)29-23-16-12-8-4)35-46-52(50(40)48)51-45(34-43(56(60)64)47(41)49(39)51)58-53(59-46)36-24-18-17-19-25-36/h17-19,24-25,30-35,37-38H,5-16,20-23,26-29H2,1-4H3,(H,58,59). The number of aromatic nitrogens is 4. The molecule has 3 heterocycles. The van der Waals surface area contributed by atoms with Gasteiger partial charge in [0.05, 0.1) is 16.3 Å². The maximum absolute atomic E-state index is 15.2. The van der Waals surface area contributed by atoms with Gasteiger partial charge in [-0.05, 0) is 60.7 Å². The van der Waals surface area contributed by atoms with Gasteiger partial charge in [-0.3, -0.25) is 28.3 Å². The molecular weight excluding hydrogens is 805 g/mol. The van der Waals surface area contributed by atoms with Gasteiger partial charge < -0.3 is 4.98 Å². The minimum absolute atomic E-state index is 0.182. The van der Waals surface area contributed by atoms with Crippen LogP contribution in [0.1, 0.15) is 168 Å². The summed E-state index contributed by atoms with van der Waals surface area (Å²) in [5.41, 5.74) is 1.27. The third kappa shape index (κ3) is 7.99. The Balaban J connectivity index is 1.36. The minimum Gasteiger partial charge on any atom is -0.339 e. The van der Waals surface area contributed by atoms with E-state index in [1.807, 2.05) is 66.7 Å². The maximum Gasteiger partial charge on any atom is 0.261 e. The molecule has 0 spiro atoms. The van der Waals surface area contributed by atoms with Crippen LogP contribution >= 0.6 is 0 Å². The van der Waals surface area contributed by atoms with Crippen molar-refractivity contribution in [3.63, 3.8) is 0 Å². The molecule has 0 aliphatic heterocycles. The van der Waals surface area contributed by atoms with Crippen molar-refractivity contribution in [1.82, 2.24) is 19.1 Å². The van der Waals surface area contributed by atoms with E-state index in [0.29, 0.717) is 43.7 Å². The number of fused-ring (bicyclic) bond motifs is 1. The van der Waals surface area contributed by atoms with Gasteiger partial charge in [-0.15, -0.1) is 0 Å². The van der Waals surface area contributed by atoms with Gasteiger partial charge in [0.2, 0.25) is 0 Å². The first-order valence-corrected chi connectivity index (χ1v) is 25.3. The molecule has 0 fully saturated rings. The van der Waals surface area contributed by atoms with E-state index in [-0.39, 0.29) is 34.3 Å². The van der Waals surface area contributed by atoms with Crippen LogP contribution < -0.4 is 22.2 Å². The van der Waals surface area contributed by atoms with Crippen molar-refractivity contribution in [2.24, 2.45) is 0 Å². The van der Waals surface area contributed by atoms with Gasteiger partial charge in [-0.2, -0.15) is 0 Å². The Bertz CT molecular complexity index is 3100. The highest BCUT2D eigenvalue weighted by molar-refractivity contribution is 6.44. The second-order valence-corrected chi connectivity index (χ2v) is 19.1. The second-order valence-electron chi connectivity index (χ2n) is 19.1. The summed E-state index contributed by atoms with van der Waals surface area (Å²) in [5.74, 6) is 0.600. The van der Waals surface area contributed by atoms with Gasteiger partial charge in [0.1, 0.15) is 5.82 Å². The van der Waals surface area contributed by atoms with Crippen LogP contribution in [0.3, 0.4) is 0 Å². The van der Waals surface area contributed by atoms with E-state index in [4.69, 9.17) is 4.98 Å². The van der Waals surface area contributed by atoms with Crippen molar-refractivity contribution in [1.29, 1.82) is 0 Å². The number of unbranched alkanes of at least 4 members (excludes halogenated alkanes) is 12. The van der Waals surface area contributed by atoms with Gasteiger partial charge in [-0.25, -0.2) is 4.98 Å². The van der Waals surface area contributed by atoms with Gasteiger partial charge in [-0.1, -0.05) is 173 Å². The summed E-state index contributed by atoms with van der Waals surface area (Å²) in [6.45, 7) is 8.81. The van der Waals surface area contributed by atoms with E-state index in [9.17, 15) is 9.59 Å². The highest BCUT2D eigenvalue weighted by Crippen LogP contribution is 2.47. The molecule has 3 aromatic heterocycles. The fraction of sp³-hybridized carbons (Fsp3) is 0.456. The molecule has 6 aromatic carbocycles. The maximum atomic E-state index is 15.2. The number of nitrogens with one attached hydrogen (secondary N) is 1. The second kappa shape index (κ2) is 19.5. The van der Waals surface area contributed by atoms with Crippen molar-refractivity contribution < 1.29 is 0 Å². The summed E-state index contributed by atoms with van der Waals surface area (Å²) in [7, 11) is 0. The van der Waals surface area contributed by atoms with Crippen LogP contribution in [0.15, 0.2) is 85.9 Å². The van der Waals surface area contributed by atoms with Crippen molar-refractivity contribution in [3.8, 4) is 11.4 Å². The highest BCUT2D eigenvalue weighted by Gasteiger charge is 2.29. The Morgan fingerprint density at radius 3 is 1.31 bits per heavy atom. The average Bonchev–Trinajstić information content (AvgIpc) is 3.49. The van der Waals surface area contributed by atoms with E-state index in [1.54, 1.807) is 9.13 Å². The molecule has 0 unspecified atom stereocenters. The lowest BCUT2D eigenvalue weighted by Crippen LogP contribution is -2.37. The molecule has 0 atom stereocenters. The van der Waals surface area contributed by atoms with Gasteiger partial charge in [0.15, 0.2) is 0 Å². The number of pyridine rings is 2. The van der Waals surface area contributed by atoms with Crippen LogP contribution in [-0.2, 0) is 0 Å². The Hall–Kier alpha value is -5.63. The predicted molar refractivity (Wildman–Crippen MR) is 274 cm³/mol. The van der Waals surface area contributed by atoms with Gasteiger partial charge in [0.25, 0.3) is 22.2 Å². The molecule has 0 amide bonds. The highest BCUT2D eigenvalue weighted by atomic mass is 16.2. The van der Waals surface area contributed by atoms with E-state index in [1.165, 1.54) is 0 Å². The van der Waals surface area contributed by atoms with Crippen molar-refractivity contribution in [3.05, 3.63) is 108 Å². The molecule has 9 aromatic rings. The number of hydrogen-bond donors (Lipinski definition) is 1. The van der Waals surface area contributed by atoms with E-state index in [0.717, 1.165) is 172 Å². The van der Waals surface area contributed by atoms with Crippen molar-refractivity contribution in [2.75, 3.05) is 0 Å². The van der Waals surface area contributed by atoms with Gasteiger partial charge in [0, 0.05) is 66.3 Å². The summed E-state index contributed by atoms with van der Waals surface area (Å²) in [4.78, 5) is 69.3. The smallest absolute Gasteiger partial charge is 0.261 e. The zero-order valence-electron chi connectivity index (χ0n) is 39.1. The quantitative estimate of drug-likeness (QED) is 0.0391. The number of benzene rings is 6. The van der Waals surface area contributed by atoms with Crippen LogP contribution in [0.5, 0.6) is 0 Å². The first-order chi connectivity index (χ1) is 31.8. The Morgan fingerprint density at radius 2 is 0.846 bits per heavy atom. The Kier molecular flexibility index (Phi) is 13.3. The third-order valence-corrected chi connectivity index (χ3v) is 14.7. The first kappa shape index (κ1) is 44.6.